The first-order chi connectivity index (χ1) is 9.33. The van der Waals surface area contributed by atoms with Gasteiger partial charge in [0.05, 0.1) is 0 Å². The lowest BCUT2D eigenvalue weighted by molar-refractivity contribution is 0.300. The van der Waals surface area contributed by atoms with Gasteiger partial charge in [0.25, 0.3) is 0 Å². The molecule has 0 N–H and O–H groups in total. The lowest BCUT2D eigenvalue weighted by Gasteiger charge is -2.17. The highest BCUT2D eigenvalue weighted by molar-refractivity contribution is 5.18. The molecule has 0 unspecified atom stereocenters. The topological polar surface area (TPSA) is 3.24 Å². The molecule has 1 nitrogen and oxygen atoms in total. The molecule has 0 radical (unpaired) electrons. The third kappa shape index (κ3) is 3.24. The summed E-state index contributed by atoms with van der Waals surface area (Å²) in [6.07, 6.45) is 2.57. The number of nitrogens with zero attached hydrogens (tertiary/aromatic N) is 1. The molecule has 0 heterocycles. The first-order valence-electron chi connectivity index (χ1n) is 7.11. The highest BCUT2D eigenvalue weighted by atomic mass is 15.2. The summed E-state index contributed by atoms with van der Waals surface area (Å²) >= 11 is 0. The van der Waals surface area contributed by atoms with Gasteiger partial charge < -0.3 is 0 Å². The third-order valence-electron chi connectivity index (χ3n) is 4.07. The molecule has 0 bridgehead atoms. The molecule has 1 heteroatoms. The van der Waals surface area contributed by atoms with Crippen LogP contribution in [0.2, 0.25) is 0 Å². The fourth-order valence-corrected chi connectivity index (χ4v) is 2.90. The first kappa shape index (κ1) is 12.4. The zero-order valence-electron chi connectivity index (χ0n) is 11.5. The summed E-state index contributed by atoms with van der Waals surface area (Å²) in [4.78, 5) is 2.50. The van der Waals surface area contributed by atoms with E-state index in [9.17, 15) is 0 Å². The lowest BCUT2D eigenvalue weighted by Crippen LogP contribution is -2.22. The molecule has 1 saturated carbocycles. The van der Waals surface area contributed by atoms with E-state index in [1.54, 1.807) is 0 Å². The van der Waals surface area contributed by atoms with Crippen LogP contribution in [0.4, 0.5) is 0 Å². The molecule has 1 aliphatic carbocycles. The van der Waals surface area contributed by atoms with E-state index in [2.05, 4.69) is 72.6 Å². The van der Waals surface area contributed by atoms with Crippen LogP contribution in [-0.4, -0.2) is 18.0 Å². The number of benzene rings is 2. The molecule has 3 rings (SSSR count). The second-order valence-corrected chi connectivity index (χ2v) is 5.65. The first-order valence-corrected chi connectivity index (χ1v) is 7.11. The summed E-state index contributed by atoms with van der Waals surface area (Å²) in [6, 6.07) is 22.4. The van der Waals surface area contributed by atoms with Crippen molar-refractivity contribution < 1.29 is 0 Å². The summed E-state index contributed by atoms with van der Waals surface area (Å²) in [5.74, 6) is 0.844. The maximum absolute atomic E-state index is 2.50. The van der Waals surface area contributed by atoms with Gasteiger partial charge in [0, 0.05) is 12.6 Å². The van der Waals surface area contributed by atoms with Crippen LogP contribution in [0.5, 0.6) is 0 Å². The number of rotatable bonds is 5. The molecule has 2 atom stereocenters. The Kier molecular flexibility index (Phi) is 3.65. The summed E-state index contributed by atoms with van der Waals surface area (Å²) in [5, 5.41) is 0. The monoisotopic (exact) mass is 251 g/mol. The molecule has 0 saturated heterocycles. The van der Waals surface area contributed by atoms with Crippen molar-refractivity contribution in [3.8, 4) is 0 Å². The van der Waals surface area contributed by atoms with Gasteiger partial charge in [-0.15, -0.1) is 0 Å². The normalized spacial score (nSPS) is 21.6. The molecule has 19 heavy (non-hydrogen) atoms. The predicted molar refractivity (Wildman–Crippen MR) is 80.0 cm³/mol. The fraction of sp³-hybridized carbons (Fsp3) is 0.333. The van der Waals surface area contributed by atoms with Crippen LogP contribution in [-0.2, 0) is 13.0 Å². The molecule has 0 aromatic heterocycles. The van der Waals surface area contributed by atoms with Crippen molar-refractivity contribution in [3.63, 3.8) is 0 Å². The van der Waals surface area contributed by atoms with E-state index in [4.69, 9.17) is 0 Å². The van der Waals surface area contributed by atoms with Crippen molar-refractivity contribution >= 4 is 0 Å². The van der Waals surface area contributed by atoms with E-state index in [1.807, 2.05) is 0 Å². The van der Waals surface area contributed by atoms with Gasteiger partial charge in [-0.05, 0) is 36.9 Å². The Hall–Kier alpha value is -1.60. The Morgan fingerprint density at radius 3 is 2.11 bits per heavy atom. The molecule has 2 aromatic carbocycles. The van der Waals surface area contributed by atoms with Crippen molar-refractivity contribution in [1.82, 2.24) is 4.90 Å². The quantitative estimate of drug-likeness (QED) is 0.782. The highest BCUT2D eigenvalue weighted by Crippen LogP contribution is 2.38. The molecule has 0 spiro atoms. The van der Waals surface area contributed by atoms with E-state index in [0.29, 0.717) is 0 Å². The summed E-state index contributed by atoms with van der Waals surface area (Å²) in [6.45, 7) is 1.07. The van der Waals surface area contributed by atoms with Crippen molar-refractivity contribution in [2.75, 3.05) is 7.05 Å². The van der Waals surface area contributed by atoms with Crippen molar-refractivity contribution in [2.45, 2.75) is 25.4 Å². The van der Waals surface area contributed by atoms with Gasteiger partial charge in [0.15, 0.2) is 0 Å². The van der Waals surface area contributed by atoms with Gasteiger partial charge in [0.1, 0.15) is 0 Å². The van der Waals surface area contributed by atoms with Crippen LogP contribution < -0.4 is 0 Å². The average Bonchev–Trinajstić information content (AvgIpc) is 3.20. The lowest BCUT2D eigenvalue weighted by atomic mass is 10.1. The number of hydrogen-bond donors (Lipinski definition) is 0. The van der Waals surface area contributed by atoms with Crippen molar-refractivity contribution in [3.05, 3.63) is 71.8 Å². The maximum Gasteiger partial charge on any atom is 0.0233 e. The van der Waals surface area contributed by atoms with Gasteiger partial charge in [-0.2, -0.15) is 0 Å². The SMILES string of the molecule is CN(Cc1ccccc1)[C@H]1C[C@@H]1Cc1ccccc1. The average molecular weight is 251 g/mol. The summed E-state index contributed by atoms with van der Waals surface area (Å²) in [5.41, 5.74) is 2.89. The van der Waals surface area contributed by atoms with Crippen LogP contribution in [0.1, 0.15) is 17.5 Å². The van der Waals surface area contributed by atoms with Crippen LogP contribution in [0.3, 0.4) is 0 Å². The largest absolute Gasteiger partial charge is 0.299 e. The molecule has 0 aliphatic heterocycles. The minimum Gasteiger partial charge on any atom is -0.299 e. The molecule has 1 fully saturated rings. The van der Waals surface area contributed by atoms with E-state index in [0.717, 1.165) is 18.5 Å². The van der Waals surface area contributed by atoms with Crippen LogP contribution in [0, 0.1) is 5.92 Å². The van der Waals surface area contributed by atoms with Gasteiger partial charge in [0.2, 0.25) is 0 Å². The van der Waals surface area contributed by atoms with Crippen LogP contribution >= 0.6 is 0 Å². The van der Waals surface area contributed by atoms with Gasteiger partial charge in [-0.1, -0.05) is 60.7 Å². The second-order valence-electron chi connectivity index (χ2n) is 5.65. The van der Waals surface area contributed by atoms with Crippen LogP contribution in [0.25, 0.3) is 0 Å². The smallest absolute Gasteiger partial charge is 0.0233 e. The Morgan fingerprint density at radius 1 is 0.895 bits per heavy atom. The maximum atomic E-state index is 2.50. The van der Waals surface area contributed by atoms with E-state index in [-0.39, 0.29) is 0 Å². The number of hydrogen-bond acceptors (Lipinski definition) is 1. The summed E-state index contributed by atoms with van der Waals surface area (Å²) < 4.78 is 0. The van der Waals surface area contributed by atoms with Gasteiger partial charge >= 0.3 is 0 Å². The fourth-order valence-electron chi connectivity index (χ4n) is 2.90. The standard InChI is InChI=1S/C18H21N/c1-19(14-16-10-6-3-7-11-16)18-13-17(18)12-15-8-4-2-5-9-15/h2-11,17-18H,12-14H2,1H3/t17-,18-/m0/s1. The Bertz CT molecular complexity index is 506. The van der Waals surface area contributed by atoms with Crippen molar-refractivity contribution in [1.29, 1.82) is 0 Å². The zero-order valence-corrected chi connectivity index (χ0v) is 11.5. The van der Waals surface area contributed by atoms with Gasteiger partial charge in [-0.25, -0.2) is 0 Å². The minimum atomic E-state index is 0.764. The summed E-state index contributed by atoms with van der Waals surface area (Å²) in [7, 11) is 2.25. The minimum absolute atomic E-state index is 0.764. The molecule has 2 aromatic rings. The molecule has 1 aliphatic rings. The van der Waals surface area contributed by atoms with Gasteiger partial charge in [-0.3, -0.25) is 4.90 Å². The van der Waals surface area contributed by atoms with E-state index >= 15 is 0 Å². The Morgan fingerprint density at radius 2 is 1.47 bits per heavy atom. The molecular weight excluding hydrogens is 230 g/mol. The van der Waals surface area contributed by atoms with E-state index < -0.39 is 0 Å². The second kappa shape index (κ2) is 5.58. The molecule has 98 valence electrons. The molecule has 0 amide bonds. The van der Waals surface area contributed by atoms with Crippen LogP contribution in [0.15, 0.2) is 60.7 Å². The van der Waals surface area contributed by atoms with E-state index in [1.165, 1.54) is 24.0 Å². The highest BCUT2D eigenvalue weighted by Gasteiger charge is 2.39. The Balaban J connectivity index is 1.52. The molecular formula is C18H21N. The third-order valence-corrected chi connectivity index (χ3v) is 4.07. The van der Waals surface area contributed by atoms with Crippen molar-refractivity contribution in [2.24, 2.45) is 5.92 Å². The Labute approximate surface area is 115 Å². The zero-order chi connectivity index (χ0) is 13.1. The predicted octanol–water partition coefficient (Wildman–Crippen LogP) is 3.75.